The topological polar surface area (TPSA) is 26.0 Å². The highest BCUT2D eigenvalue weighted by molar-refractivity contribution is 8.33. The largest absolute Gasteiger partial charge is 0.323 e. The number of rotatable bonds is 4. The Morgan fingerprint density at radius 3 is 1.77 bits per heavy atom. The SMILES string of the molecule is BC(C)(C)CC(C)(C)S(C)(C)CN. The third-order valence-electron chi connectivity index (χ3n) is 2.87. The molecule has 1 nitrogen and oxygen atoms in total. The Morgan fingerprint density at radius 1 is 1.15 bits per heavy atom. The smallest absolute Gasteiger partial charge is 0.108 e. The van der Waals surface area contributed by atoms with Gasteiger partial charge in [-0.05, 0) is 23.7 Å². The van der Waals surface area contributed by atoms with E-state index in [2.05, 4.69) is 48.1 Å². The summed E-state index contributed by atoms with van der Waals surface area (Å²) in [5, 5.41) is 0.406. The quantitative estimate of drug-likeness (QED) is 0.694. The van der Waals surface area contributed by atoms with Gasteiger partial charge in [0.15, 0.2) is 0 Å². The van der Waals surface area contributed by atoms with Crippen LogP contribution in [0.5, 0.6) is 0 Å². The lowest BCUT2D eigenvalue weighted by Gasteiger charge is -2.49. The lowest BCUT2D eigenvalue weighted by molar-refractivity contribution is 0.516. The third kappa shape index (κ3) is 3.95. The fourth-order valence-corrected chi connectivity index (χ4v) is 2.97. The molecule has 0 unspecified atom stereocenters. The van der Waals surface area contributed by atoms with Crippen molar-refractivity contribution in [1.82, 2.24) is 0 Å². The average Bonchev–Trinajstić information content (AvgIpc) is 1.81. The van der Waals surface area contributed by atoms with Gasteiger partial charge < -0.3 is 5.73 Å². The van der Waals surface area contributed by atoms with E-state index in [0.29, 0.717) is 10.1 Å². The normalized spacial score (nSPS) is 15.9. The molecule has 0 amide bonds. The first kappa shape index (κ1) is 13.4. The molecule has 2 N–H and O–H groups in total. The van der Waals surface area contributed by atoms with Crippen molar-refractivity contribution in [2.24, 2.45) is 5.73 Å². The molecule has 0 rings (SSSR count). The zero-order valence-electron chi connectivity index (χ0n) is 10.4. The summed E-state index contributed by atoms with van der Waals surface area (Å²) in [6, 6.07) is 0. The molecule has 0 heterocycles. The Morgan fingerprint density at radius 2 is 1.54 bits per heavy atom. The van der Waals surface area contributed by atoms with E-state index < -0.39 is 10.0 Å². The van der Waals surface area contributed by atoms with Crippen LogP contribution in [0.4, 0.5) is 0 Å². The minimum Gasteiger partial charge on any atom is -0.323 e. The van der Waals surface area contributed by atoms with E-state index in [1.165, 1.54) is 6.42 Å². The number of nitrogens with two attached hydrogens (primary N) is 1. The van der Waals surface area contributed by atoms with Gasteiger partial charge in [-0.2, -0.15) is 0 Å². The van der Waals surface area contributed by atoms with Crippen LogP contribution in [0, 0.1) is 0 Å². The molecule has 0 aliphatic heterocycles. The highest BCUT2D eigenvalue weighted by Gasteiger charge is 2.34. The van der Waals surface area contributed by atoms with Gasteiger partial charge in [0.05, 0.1) is 0 Å². The van der Waals surface area contributed by atoms with E-state index in [9.17, 15) is 0 Å². The molecule has 0 spiro atoms. The molecule has 13 heavy (non-hydrogen) atoms. The van der Waals surface area contributed by atoms with E-state index >= 15 is 0 Å². The highest BCUT2D eigenvalue weighted by Crippen LogP contribution is 2.56. The third-order valence-corrected chi connectivity index (χ3v) is 6.84. The van der Waals surface area contributed by atoms with Crippen LogP contribution >= 0.6 is 10.0 Å². The molecule has 0 aliphatic rings. The summed E-state index contributed by atoms with van der Waals surface area (Å²) in [7, 11) is 1.65. The van der Waals surface area contributed by atoms with Gasteiger partial charge in [0, 0.05) is 5.88 Å². The van der Waals surface area contributed by atoms with Gasteiger partial charge in [0.1, 0.15) is 7.85 Å². The van der Waals surface area contributed by atoms with Crippen LogP contribution in [0.2, 0.25) is 5.31 Å². The summed E-state index contributed by atoms with van der Waals surface area (Å²) >= 11 is 0. The highest BCUT2D eigenvalue weighted by atomic mass is 32.3. The first-order chi connectivity index (χ1) is 5.52. The van der Waals surface area contributed by atoms with Crippen molar-refractivity contribution in [2.45, 2.75) is 44.2 Å². The molecule has 0 aromatic carbocycles. The second-order valence-electron chi connectivity index (χ2n) is 6.20. The van der Waals surface area contributed by atoms with Crippen LogP contribution in [0.25, 0.3) is 0 Å². The van der Waals surface area contributed by atoms with Crippen LogP contribution in [0.3, 0.4) is 0 Å². The lowest BCUT2D eigenvalue weighted by Crippen LogP contribution is -2.34. The van der Waals surface area contributed by atoms with Crippen molar-refractivity contribution >= 4 is 17.9 Å². The van der Waals surface area contributed by atoms with Gasteiger partial charge in [-0.15, -0.1) is 0 Å². The maximum absolute atomic E-state index is 5.85. The lowest BCUT2D eigenvalue weighted by atomic mass is 9.67. The Bertz CT molecular complexity index is 170. The Balaban J connectivity index is 4.58. The van der Waals surface area contributed by atoms with E-state index in [1.807, 2.05) is 0 Å². The van der Waals surface area contributed by atoms with Crippen molar-refractivity contribution in [3.05, 3.63) is 0 Å². The monoisotopic (exact) mass is 203 g/mol. The molecule has 3 heteroatoms. The number of hydrogen-bond acceptors (Lipinski definition) is 1. The second-order valence-corrected chi connectivity index (χ2v) is 10.7. The van der Waals surface area contributed by atoms with Crippen LogP contribution in [0.1, 0.15) is 34.1 Å². The zero-order valence-corrected chi connectivity index (χ0v) is 11.2. The first-order valence-electron chi connectivity index (χ1n) is 4.92. The Labute approximate surface area is 86.6 Å². The van der Waals surface area contributed by atoms with E-state index in [1.54, 1.807) is 0 Å². The summed E-state index contributed by atoms with van der Waals surface area (Å²) in [6.07, 6.45) is 5.94. The fourth-order valence-electron chi connectivity index (χ4n) is 1.70. The standard InChI is InChI=1S/C10H26BNS/c1-9(2,11)7-10(3,4)13(5,6)8-12/h7-8,11-12H2,1-6H3. The molecular weight excluding hydrogens is 177 g/mol. The van der Waals surface area contributed by atoms with Gasteiger partial charge in [-0.25, -0.2) is 10.0 Å². The van der Waals surface area contributed by atoms with Gasteiger partial charge in [0.25, 0.3) is 0 Å². The van der Waals surface area contributed by atoms with Gasteiger partial charge in [0.2, 0.25) is 0 Å². The van der Waals surface area contributed by atoms with Gasteiger partial charge >= 0.3 is 0 Å². The molecule has 0 saturated heterocycles. The van der Waals surface area contributed by atoms with Gasteiger partial charge in [-0.1, -0.05) is 33.0 Å². The summed E-state index contributed by atoms with van der Waals surface area (Å²) in [5.74, 6) is 0.843. The van der Waals surface area contributed by atoms with Crippen LogP contribution in [0.15, 0.2) is 0 Å². The second kappa shape index (κ2) is 3.86. The zero-order chi connectivity index (χ0) is 10.9. The summed E-state index contributed by atoms with van der Waals surface area (Å²) < 4.78 is 0.389. The van der Waals surface area contributed by atoms with Crippen molar-refractivity contribution in [1.29, 1.82) is 0 Å². The maximum Gasteiger partial charge on any atom is 0.108 e. The predicted octanol–water partition coefficient (Wildman–Crippen LogP) is 1.97. The van der Waals surface area contributed by atoms with E-state index in [4.69, 9.17) is 5.73 Å². The molecule has 0 aromatic rings. The van der Waals surface area contributed by atoms with E-state index in [0.717, 1.165) is 5.88 Å². The molecule has 0 bridgehead atoms. The summed E-state index contributed by atoms with van der Waals surface area (Å²) in [5.41, 5.74) is 5.85. The minimum absolute atomic E-state index is 0.389. The van der Waals surface area contributed by atoms with E-state index in [-0.39, 0.29) is 0 Å². The van der Waals surface area contributed by atoms with Crippen molar-refractivity contribution < 1.29 is 0 Å². The molecule has 0 fully saturated rings. The van der Waals surface area contributed by atoms with Crippen LogP contribution in [-0.2, 0) is 0 Å². The van der Waals surface area contributed by atoms with Crippen molar-refractivity contribution in [2.75, 3.05) is 18.4 Å². The summed E-state index contributed by atoms with van der Waals surface area (Å²) in [6.45, 7) is 9.34. The fraction of sp³-hybridized carbons (Fsp3) is 1.00. The van der Waals surface area contributed by atoms with Crippen LogP contribution in [-0.4, -0.2) is 31.0 Å². The van der Waals surface area contributed by atoms with Crippen molar-refractivity contribution in [3.63, 3.8) is 0 Å². The van der Waals surface area contributed by atoms with Crippen molar-refractivity contribution in [3.8, 4) is 0 Å². The molecule has 0 radical (unpaired) electrons. The first-order valence-corrected chi connectivity index (χ1v) is 7.54. The molecular formula is C10H26BNS. The minimum atomic E-state index is -0.653. The molecule has 0 aromatic heterocycles. The predicted molar refractivity (Wildman–Crippen MR) is 69.8 cm³/mol. The molecule has 0 aliphatic carbocycles. The molecule has 80 valence electrons. The molecule has 0 saturated carbocycles. The van der Waals surface area contributed by atoms with Gasteiger partial charge in [-0.3, -0.25) is 0 Å². The number of hydrogen-bond donors (Lipinski definition) is 1. The maximum atomic E-state index is 5.85. The summed E-state index contributed by atoms with van der Waals surface area (Å²) in [4.78, 5) is 0. The Hall–Kier alpha value is 0.375. The molecule has 0 atom stereocenters. The Kier molecular flexibility index (Phi) is 3.97. The van der Waals surface area contributed by atoms with Crippen LogP contribution < -0.4 is 5.73 Å². The average molecular weight is 203 g/mol.